The Bertz CT molecular complexity index is 1130. The number of hydrogen-bond donors (Lipinski definition) is 2. The van der Waals surface area contributed by atoms with E-state index in [4.69, 9.17) is 4.74 Å². The summed E-state index contributed by atoms with van der Waals surface area (Å²) in [7, 11) is 1.28. The van der Waals surface area contributed by atoms with Gasteiger partial charge in [0.15, 0.2) is 5.01 Å². The van der Waals surface area contributed by atoms with E-state index < -0.39 is 41.4 Å². The van der Waals surface area contributed by atoms with Crippen molar-refractivity contribution in [1.82, 2.24) is 20.5 Å². The number of aromatic nitrogens is 3. The van der Waals surface area contributed by atoms with Crippen molar-refractivity contribution in [3.63, 3.8) is 0 Å². The summed E-state index contributed by atoms with van der Waals surface area (Å²) >= 11 is 0.958. The monoisotopic (exact) mass is 471 g/mol. The van der Waals surface area contributed by atoms with Gasteiger partial charge in [0.1, 0.15) is 29.1 Å². The molecular weight excluding hydrogens is 457 g/mol. The van der Waals surface area contributed by atoms with E-state index in [2.05, 4.69) is 25.8 Å². The number of ether oxygens (including phenoxy) is 1. The summed E-state index contributed by atoms with van der Waals surface area (Å²) in [5, 5.41) is 13.6. The van der Waals surface area contributed by atoms with Crippen molar-refractivity contribution in [2.75, 3.05) is 19.0 Å². The number of nitrogens with zero attached hydrogens (tertiary/aromatic N) is 3. The lowest BCUT2D eigenvalue weighted by atomic mass is 9.93. The number of anilines is 1. The number of halogens is 5. The standard InChI is InChI=1S/C19H14F5N5O2S/c1-31-9-4-11(20)14(12(21)5-9)10-7-26-16(30)15(10)27-18-29-28-17(32-18)8-2-3-13(25-6-8)19(22,23)24/h2-6,10,15H,7H2,1H3,(H,26,30)(H,27,29)/t10-,15-/m0/s1. The lowest BCUT2D eigenvalue weighted by Crippen LogP contribution is -2.33. The highest BCUT2D eigenvalue weighted by molar-refractivity contribution is 7.18. The smallest absolute Gasteiger partial charge is 0.433 e. The van der Waals surface area contributed by atoms with Crippen LogP contribution in [0.5, 0.6) is 5.75 Å². The largest absolute Gasteiger partial charge is 0.497 e. The van der Waals surface area contributed by atoms with Crippen molar-refractivity contribution in [2.45, 2.75) is 18.1 Å². The SMILES string of the molecule is COc1cc(F)c([C@@H]2CNC(=O)[C@H]2Nc2nnc(-c3ccc(C(F)(F)F)nc3)s2)c(F)c1. The number of carbonyl (C=O) groups is 1. The molecule has 32 heavy (non-hydrogen) atoms. The number of methoxy groups -OCH3 is 1. The number of carbonyl (C=O) groups excluding carboxylic acids is 1. The molecular formula is C19H14F5N5O2S. The highest BCUT2D eigenvalue weighted by Crippen LogP contribution is 2.35. The van der Waals surface area contributed by atoms with E-state index in [1.807, 2.05) is 0 Å². The minimum Gasteiger partial charge on any atom is -0.497 e. The van der Waals surface area contributed by atoms with Crippen LogP contribution >= 0.6 is 11.3 Å². The third-order valence-electron chi connectivity index (χ3n) is 4.84. The second-order valence-corrected chi connectivity index (χ2v) is 7.80. The van der Waals surface area contributed by atoms with Gasteiger partial charge in [-0.15, -0.1) is 10.2 Å². The van der Waals surface area contributed by atoms with E-state index in [0.717, 1.165) is 35.7 Å². The first kappa shape index (κ1) is 21.9. The van der Waals surface area contributed by atoms with Gasteiger partial charge in [-0.3, -0.25) is 9.78 Å². The van der Waals surface area contributed by atoms with E-state index in [9.17, 15) is 26.7 Å². The molecule has 2 atom stereocenters. The summed E-state index contributed by atoms with van der Waals surface area (Å²) in [6.07, 6.45) is -3.55. The molecule has 2 aromatic heterocycles. The zero-order valence-corrected chi connectivity index (χ0v) is 17.0. The molecule has 1 saturated heterocycles. The molecule has 4 rings (SSSR count). The van der Waals surface area contributed by atoms with Crippen molar-refractivity contribution in [3.05, 3.63) is 53.4 Å². The first-order chi connectivity index (χ1) is 15.2. The molecule has 0 radical (unpaired) electrons. The predicted octanol–water partition coefficient (Wildman–Crippen LogP) is 3.60. The zero-order valence-electron chi connectivity index (χ0n) is 16.2. The summed E-state index contributed by atoms with van der Waals surface area (Å²) in [5.74, 6) is -3.08. The summed E-state index contributed by atoms with van der Waals surface area (Å²) in [5.41, 5.74) is -1.03. The van der Waals surface area contributed by atoms with Crippen LogP contribution in [0.4, 0.5) is 27.1 Å². The Morgan fingerprint density at radius 3 is 2.50 bits per heavy atom. The summed E-state index contributed by atoms with van der Waals surface area (Å²) in [6.45, 7) is -0.00878. The molecule has 0 aliphatic carbocycles. The van der Waals surface area contributed by atoms with Gasteiger partial charge < -0.3 is 15.4 Å². The van der Waals surface area contributed by atoms with Crippen LogP contribution < -0.4 is 15.4 Å². The maximum atomic E-state index is 14.5. The van der Waals surface area contributed by atoms with E-state index in [1.165, 1.54) is 13.2 Å². The van der Waals surface area contributed by atoms with Gasteiger partial charge in [0.25, 0.3) is 0 Å². The number of amides is 1. The van der Waals surface area contributed by atoms with Gasteiger partial charge in [0.2, 0.25) is 11.0 Å². The van der Waals surface area contributed by atoms with Gasteiger partial charge in [-0.05, 0) is 12.1 Å². The average molecular weight is 471 g/mol. The third-order valence-corrected chi connectivity index (χ3v) is 5.75. The topological polar surface area (TPSA) is 89.0 Å². The van der Waals surface area contributed by atoms with E-state index in [1.54, 1.807) is 0 Å². The summed E-state index contributed by atoms with van der Waals surface area (Å²) in [4.78, 5) is 15.7. The number of pyridine rings is 1. The summed E-state index contributed by atoms with van der Waals surface area (Å²) in [6, 6.07) is 3.03. The van der Waals surface area contributed by atoms with Gasteiger partial charge in [-0.25, -0.2) is 8.78 Å². The highest BCUT2D eigenvalue weighted by atomic mass is 32.1. The second kappa shape index (κ2) is 8.30. The Kier molecular flexibility index (Phi) is 5.67. The molecule has 13 heteroatoms. The van der Waals surface area contributed by atoms with Crippen LogP contribution in [-0.2, 0) is 11.0 Å². The fourth-order valence-corrected chi connectivity index (χ4v) is 4.08. The van der Waals surface area contributed by atoms with Crippen LogP contribution in [0.2, 0.25) is 0 Å². The Morgan fingerprint density at radius 2 is 1.91 bits per heavy atom. The maximum absolute atomic E-state index is 14.5. The molecule has 0 saturated carbocycles. The Hall–Kier alpha value is -3.35. The van der Waals surface area contributed by atoms with Crippen LogP contribution in [0.3, 0.4) is 0 Å². The Morgan fingerprint density at radius 1 is 1.19 bits per heavy atom. The predicted molar refractivity (Wildman–Crippen MR) is 104 cm³/mol. The zero-order chi connectivity index (χ0) is 23.0. The number of alkyl halides is 3. The maximum Gasteiger partial charge on any atom is 0.433 e. The van der Waals surface area contributed by atoms with Gasteiger partial charge in [0, 0.05) is 41.9 Å². The van der Waals surface area contributed by atoms with Gasteiger partial charge >= 0.3 is 6.18 Å². The molecule has 3 heterocycles. The van der Waals surface area contributed by atoms with E-state index in [-0.39, 0.29) is 28.0 Å². The minimum atomic E-state index is -4.57. The third kappa shape index (κ3) is 4.20. The quantitative estimate of drug-likeness (QED) is 0.553. The van der Waals surface area contributed by atoms with Gasteiger partial charge in [-0.1, -0.05) is 11.3 Å². The molecule has 0 spiro atoms. The van der Waals surface area contributed by atoms with Crippen LogP contribution in [0, 0.1) is 11.6 Å². The number of rotatable bonds is 5. The van der Waals surface area contributed by atoms with Crippen LogP contribution in [0.1, 0.15) is 17.2 Å². The molecule has 0 bridgehead atoms. The molecule has 2 N–H and O–H groups in total. The molecule has 3 aromatic rings. The number of hydrogen-bond acceptors (Lipinski definition) is 7. The van der Waals surface area contributed by atoms with Crippen molar-refractivity contribution in [3.8, 4) is 16.3 Å². The van der Waals surface area contributed by atoms with Crippen LogP contribution in [0.15, 0.2) is 30.5 Å². The fourth-order valence-electron chi connectivity index (χ4n) is 3.31. The van der Waals surface area contributed by atoms with Crippen molar-refractivity contribution in [2.24, 2.45) is 0 Å². The van der Waals surface area contributed by atoms with Crippen molar-refractivity contribution in [1.29, 1.82) is 0 Å². The van der Waals surface area contributed by atoms with Gasteiger partial charge in [-0.2, -0.15) is 13.2 Å². The Balaban J connectivity index is 1.56. The summed E-state index contributed by atoms with van der Waals surface area (Å²) < 4.78 is 71.9. The van der Waals surface area contributed by atoms with E-state index >= 15 is 0 Å². The van der Waals surface area contributed by atoms with E-state index in [0.29, 0.717) is 5.56 Å². The molecule has 168 valence electrons. The number of benzene rings is 1. The lowest BCUT2D eigenvalue weighted by Gasteiger charge is -2.19. The Labute approximate surface area is 181 Å². The first-order valence-corrected chi connectivity index (χ1v) is 9.93. The van der Waals surface area contributed by atoms with Crippen molar-refractivity contribution < 1.29 is 31.5 Å². The average Bonchev–Trinajstić information content (AvgIpc) is 3.35. The first-order valence-electron chi connectivity index (χ1n) is 9.11. The van der Waals surface area contributed by atoms with Gasteiger partial charge in [0.05, 0.1) is 7.11 Å². The van der Waals surface area contributed by atoms with Crippen LogP contribution in [-0.4, -0.2) is 40.8 Å². The highest BCUT2D eigenvalue weighted by Gasteiger charge is 2.39. The molecule has 0 unspecified atom stereocenters. The van der Waals surface area contributed by atoms with Crippen molar-refractivity contribution >= 4 is 22.4 Å². The molecule has 1 aliphatic heterocycles. The molecule has 7 nitrogen and oxygen atoms in total. The molecule has 1 aromatic carbocycles. The van der Waals surface area contributed by atoms with Crippen LogP contribution in [0.25, 0.3) is 10.6 Å². The number of nitrogens with one attached hydrogen (secondary N) is 2. The minimum absolute atomic E-state index is 0.00413. The molecule has 1 fully saturated rings. The fraction of sp³-hybridized carbons (Fsp3) is 0.263. The normalized spacial score (nSPS) is 18.5. The lowest BCUT2D eigenvalue weighted by molar-refractivity contribution is -0.141. The molecule has 1 aliphatic rings. The second-order valence-electron chi connectivity index (χ2n) is 6.82. The molecule has 1 amide bonds.